The summed E-state index contributed by atoms with van der Waals surface area (Å²) in [5, 5.41) is 0.0492. The summed E-state index contributed by atoms with van der Waals surface area (Å²) in [6.45, 7) is 1.48. The lowest BCUT2D eigenvalue weighted by molar-refractivity contribution is -0.137. The third-order valence-corrected chi connectivity index (χ3v) is 4.43. The lowest BCUT2D eigenvalue weighted by Crippen LogP contribution is -2.30. The molecule has 29 heavy (non-hydrogen) atoms. The minimum absolute atomic E-state index is 0.0492. The highest BCUT2D eigenvalue weighted by Gasteiger charge is 2.31. The van der Waals surface area contributed by atoms with Gasteiger partial charge in [-0.3, -0.25) is 9.36 Å². The monoisotopic (exact) mass is 423 g/mol. The molecule has 0 bridgehead atoms. The van der Waals surface area contributed by atoms with Crippen LogP contribution in [0.25, 0.3) is 16.9 Å². The van der Waals surface area contributed by atoms with E-state index in [-0.39, 0.29) is 22.2 Å². The number of halogens is 4. The number of methoxy groups -OCH3 is 1. The molecule has 2 aromatic heterocycles. The van der Waals surface area contributed by atoms with Crippen LogP contribution in [0.1, 0.15) is 21.7 Å². The highest BCUT2D eigenvalue weighted by Crippen LogP contribution is 2.31. The van der Waals surface area contributed by atoms with E-state index in [4.69, 9.17) is 11.6 Å². The van der Waals surface area contributed by atoms with Gasteiger partial charge in [0.15, 0.2) is 0 Å². The Morgan fingerprint density at radius 3 is 2.55 bits per heavy atom. The van der Waals surface area contributed by atoms with Gasteiger partial charge in [-0.15, -0.1) is 0 Å². The maximum atomic E-state index is 13.1. The van der Waals surface area contributed by atoms with Crippen LogP contribution in [0.15, 0.2) is 47.4 Å². The quantitative estimate of drug-likeness (QED) is 0.469. The van der Waals surface area contributed by atoms with Crippen molar-refractivity contribution in [2.24, 2.45) is 0 Å². The Kier molecular flexibility index (Phi) is 5.43. The van der Waals surface area contributed by atoms with Crippen molar-refractivity contribution in [3.8, 4) is 16.9 Å². The number of ether oxygens (including phenoxy) is 1. The minimum atomic E-state index is -4.61. The first-order valence-corrected chi connectivity index (χ1v) is 8.53. The molecule has 0 N–H and O–H groups in total. The van der Waals surface area contributed by atoms with Gasteiger partial charge in [-0.2, -0.15) is 13.2 Å². The lowest BCUT2D eigenvalue weighted by atomic mass is 10.1. The molecule has 0 atom stereocenters. The van der Waals surface area contributed by atoms with Crippen LogP contribution in [-0.4, -0.2) is 27.6 Å². The predicted molar refractivity (Wildman–Crippen MR) is 99.2 cm³/mol. The summed E-state index contributed by atoms with van der Waals surface area (Å²) in [5.74, 6) is -1.03. The Labute approximate surface area is 167 Å². The molecule has 0 unspecified atom stereocenters. The van der Waals surface area contributed by atoms with Crippen LogP contribution in [0.2, 0.25) is 5.15 Å². The van der Waals surface area contributed by atoms with E-state index < -0.39 is 29.0 Å². The number of carbonyl (C=O) groups is 1. The number of aromatic nitrogens is 3. The highest BCUT2D eigenvalue weighted by atomic mass is 35.5. The zero-order valence-electron chi connectivity index (χ0n) is 15.1. The first-order chi connectivity index (χ1) is 13.6. The van der Waals surface area contributed by atoms with Crippen molar-refractivity contribution in [1.29, 1.82) is 0 Å². The van der Waals surface area contributed by atoms with E-state index >= 15 is 0 Å². The summed E-state index contributed by atoms with van der Waals surface area (Å²) in [5.41, 5.74) is -1.95. The van der Waals surface area contributed by atoms with Crippen molar-refractivity contribution in [1.82, 2.24) is 14.5 Å². The van der Waals surface area contributed by atoms with Gasteiger partial charge in [-0.25, -0.2) is 14.8 Å². The van der Waals surface area contributed by atoms with Gasteiger partial charge in [0.05, 0.1) is 18.4 Å². The van der Waals surface area contributed by atoms with E-state index in [1.807, 2.05) is 0 Å². The molecule has 0 aliphatic carbocycles. The zero-order valence-corrected chi connectivity index (χ0v) is 15.9. The van der Waals surface area contributed by atoms with Gasteiger partial charge in [-0.1, -0.05) is 17.7 Å². The van der Waals surface area contributed by atoms with Gasteiger partial charge in [-0.05, 0) is 37.3 Å². The summed E-state index contributed by atoms with van der Waals surface area (Å²) >= 11 is 6.12. The summed E-state index contributed by atoms with van der Waals surface area (Å²) in [7, 11) is 1.06. The number of esters is 1. The molecule has 3 aromatic rings. The Morgan fingerprint density at radius 1 is 1.21 bits per heavy atom. The minimum Gasteiger partial charge on any atom is -0.464 e. The molecule has 0 radical (unpaired) electrons. The third kappa shape index (κ3) is 3.86. The van der Waals surface area contributed by atoms with Crippen molar-refractivity contribution in [2.45, 2.75) is 13.1 Å². The standard InChI is InChI=1S/C19H13ClF3N3O3/c1-10-14(13-7-4-8-24-16(13)20)25-15(18(28)29-2)17(27)26(10)12-6-3-5-11(9-12)19(21,22)23/h3-9H,1-2H3. The van der Waals surface area contributed by atoms with Gasteiger partial charge in [0.1, 0.15) is 5.15 Å². The van der Waals surface area contributed by atoms with Crippen LogP contribution in [0.5, 0.6) is 0 Å². The van der Waals surface area contributed by atoms with Gasteiger partial charge in [0.2, 0.25) is 5.69 Å². The van der Waals surface area contributed by atoms with E-state index in [0.29, 0.717) is 5.56 Å². The van der Waals surface area contributed by atoms with Crippen LogP contribution in [0.4, 0.5) is 13.2 Å². The molecule has 0 fully saturated rings. The topological polar surface area (TPSA) is 74.1 Å². The number of carbonyl (C=O) groups excluding carboxylic acids is 1. The maximum Gasteiger partial charge on any atom is 0.416 e. The first-order valence-electron chi connectivity index (χ1n) is 8.15. The van der Waals surface area contributed by atoms with E-state index in [1.165, 1.54) is 25.3 Å². The molecule has 6 nitrogen and oxygen atoms in total. The van der Waals surface area contributed by atoms with Crippen LogP contribution in [-0.2, 0) is 10.9 Å². The summed E-state index contributed by atoms with van der Waals surface area (Å²) < 4.78 is 45.0. The third-order valence-electron chi connectivity index (χ3n) is 4.13. The Bertz CT molecular complexity index is 1160. The summed E-state index contributed by atoms with van der Waals surface area (Å²) in [6, 6.07) is 7.31. The van der Waals surface area contributed by atoms with Crippen LogP contribution in [0, 0.1) is 6.92 Å². The highest BCUT2D eigenvalue weighted by molar-refractivity contribution is 6.32. The SMILES string of the molecule is COC(=O)c1nc(-c2cccnc2Cl)c(C)n(-c2cccc(C(F)(F)F)c2)c1=O. The van der Waals surface area contributed by atoms with E-state index in [9.17, 15) is 22.8 Å². The number of hydrogen-bond acceptors (Lipinski definition) is 5. The second-order valence-corrected chi connectivity index (χ2v) is 6.27. The van der Waals surface area contributed by atoms with Crippen molar-refractivity contribution in [3.63, 3.8) is 0 Å². The molecule has 10 heteroatoms. The summed E-state index contributed by atoms with van der Waals surface area (Å²) in [4.78, 5) is 33.0. The normalized spacial score (nSPS) is 11.4. The molecule has 0 amide bonds. The Hall–Kier alpha value is -3.20. The second kappa shape index (κ2) is 7.67. The molecule has 0 saturated carbocycles. The molecule has 0 aliphatic rings. The number of alkyl halides is 3. The molecule has 1 aromatic carbocycles. The van der Waals surface area contributed by atoms with Crippen LogP contribution >= 0.6 is 11.6 Å². The fourth-order valence-electron chi connectivity index (χ4n) is 2.78. The summed E-state index contributed by atoms with van der Waals surface area (Å²) in [6.07, 6.45) is -3.17. The average Bonchev–Trinajstić information content (AvgIpc) is 2.68. The maximum absolute atomic E-state index is 13.1. The molecule has 2 heterocycles. The van der Waals surface area contributed by atoms with Crippen molar-refractivity contribution >= 4 is 17.6 Å². The van der Waals surface area contributed by atoms with E-state index in [2.05, 4.69) is 14.7 Å². The molecule has 3 rings (SSSR count). The number of hydrogen-bond donors (Lipinski definition) is 0. The lowest BCUT2D eigenvalue weighted by Gasteiger charge is -2.17. The van der Waals surface area contributed by atoms with Crippen molar-refractivity contribution < 1.29 is 22.7 Å². The fraction of sp³-hybridized carbons (Fsp3) is 0.158. The Morgan fingerprint density at radius 2 is 1.93 bits per heavy atom. The zero-order chi connectivity index (χ0) is 21.3. The molecular weight excluding hydrogens is 411 g/mol. The number of benzene rings is 1. The van der Waals surface area contributed by atoms with Crippen LogP contribution in [0.3, 0.4) is 0 Å². The average molecular weight is 424 g/mol. The van der Waals surface area contributed by atoms with Gasteiger partial charge >= 0.3 is 12.1 Å². The van der Waals surface area contributed by atoms with E-state index in [1.54, 1.807) is 12.1 Å². The van der Waals surface area contributed by atoms with Gasteiger partial charge in [0, 0.05) is 23.1 Å². The molecular formula is C19H13ClF3N3O3. The molecule has 0 aliphatic heterocycles. The second-order valence-electron chi connectivity index (χ2n) is 5.92. The number of rotatable bonds is 3. The van der Waals surface area contributed by atoms with Gasteiger partial charge < -0.3 is 4.74 Å². The smallest absolute Gasteiger partial charge is 0.416 e. The first kappa shape index (κ1) is 20.5. The molecule has 0 spiro atoms. The van der Waals surface area contributed by atoms with E-state index in [0.717, 1.165) is 23.8 Å². The van der Waals surface area contributed by atoms with Crippen molar-refractivity contribution in [3.05, 3.63) is 75.1 Å². The Balaban J connectivity index is 2.38. The molecule has 0 saturated heterocycles. The predicted octanol–water partition coefficient (Wildman–Crippen LogP) is 4.06. The fourth-order valence-corrected chi connectivity index (χ4v) is 2.99. The van der Waals surface area contributed by atoms with Gasteiger partial charge in [0.25, 0.3) is 5.56 Å². The number of nitrogens with zero attached hydrogens (tertiary/aromatic N) is 3. The van der Waals surface area contributed by atoms with Crippen molar-refractivity contribution in [2.75, 3.05) is 7.11 Å². The number of pyridine rings is 1. The van der Waals surface area contributed by atoms with Crippen LogP contribution < -0.4 is 5.56 Å². The largest absolute Gasteiger partial charge is 0.464 e. The molecule has 150 valence electrons.